The van der Waals surface area contributed by atoms with Gasteiger partial charge in [-0.3, -0.25) is 4.79 Å². The number of halogens is 3. The lowest BCUT2D eigenvalue weighted by molar-refractivity contribution is -0.146. The molecule has 1 aliphatic rings. The molecular weight excluding hydrogens is 309 g/mol. The molecule has 1 N–H and O–H groups in total. The first-order chi connectivity index (χ1) is 9.88. The zero-order valence-electron chi connectivity index (χ0n) is 10.7. The van der Waals surface area contributed by atoms with Gasteiger partial charge in [-0.1, -0.05) is 24.2 Å². The number of hydrogen-bond donors (Lipinski definition) is 1. The van der Waals surface area contributed by atoms with E-state index in [2.05, 4.69) is 15.3 Å². The lowest BCUT2D eigenvalue weighted by atomic mass is 9.80. The number of aromatic nitrogens is 4. The molecule has 2 aromatic rings. The fourth-order valence-corrected chi connectivity index (χ4v) is 3.72. The molecular formula is C11H11F3N4O2S. The van der Waals surface area contributed by atoms with Crippen LogP contribution in [0.5, 0.6) is 0 Å². The molecule has 21 heavy (non-hydrogen) atoms. The SMILES string of the molecule is O=C(O)C1CCCCC1c1nn2c(C(F)(F)F)nnc2s1. The van der Waals surface area contributed by atoms with E-state index in [0.29, 0.717) is 22.4 Å². The van der Waals surface area contributed by atoms with Crippen LogP contribution in [0, 0.1) is 5.92 Å². The number of carbonyl (C=O) groups is 1. The fraction of sp³-hybridized carbons (Fsp3) is 0.636. The molecule has 1 fully saturated rings. The zero-order valence-corrected chi connectivity index (χ0v) is 11.5. The largest absolute Gasteiger partial charge is 0.481 e. The van der Waals surface area contributed by atoms with Gasteiger partial charge in [0, 0.05) is 5.92 Å². The third-order valence-corrected chi connectivity index (χ3v) is 4.69. The maximum absolute atomic E-state index is 12.8. The number of fused-ring (bicyclic) bond motifs is 1. The monoisotopic (exact) mass is 320 g/mol. The molecule has 2 unspecified atom stereocenters. The molecule has 2 heterocycles. The Morgan fingerprint density at radius 1 is 1.29 bits per heavy atom. The minimum absolute atomic E-state index is 0.0343. The van der Waals surface area contributed by atoms with Gasteiger partial charge in [-0.25, -0.2) is 0 Å². The lowest BCUT2D eigenvalue weighted by Gasteiger charge is -2.26. The molecule has 3 rings (SSSR count). The van der Waals surface area contributed by atoms with Crippen LogP contribution in [0.4, 0.5) is 13.2 Å². The fourth-order valence-electron chi connectivity index (χ4n) is 2.68. The van der Waals surface area contributed by atoms with Crippen molar-refractivity contribution in [2.45, 2.75) is 37.8 Å². The van der Waals surface area contributed by atoms with Crippen molar-refractivity contribution in [3.05, 3.63) is 10.8 Å². The number of carboxylic acid groups (broad SMARTS) is 1. The highest BCUT2D eigenvalue weighted by Gasteiger charge is 2.40. The number of nitrogens with zero attached hydrogens (tertiary/aromatic N) is 4. The molecule has 0 aliphatic heterocycles. The summed E-state index contributed by atoms with van der Waals surface area (Å²) in [5, 5.41) is 20.1. The van der Waals surface area contributed by atoms with Crippen molar-refractivity contribution in [3.8, 4) is 0 Å². The Hall–Kier alpha value is -1.71. The smallest absolute Gasteiger partial charge is 0.453 e. The average molecular weight is 320 g/mol. The third-order valence-electron chi connectivity index (χ3n) is 3.66. The topological polar surface area (TPSA) is 80.4 Å². The van der Waals surface area contributed by atoms with Gasteiger partial charge in [0.25, 0.3) is 5.82 Å². The van der Waals surface area contributed by atoms with Crippen LogP contribution in [-0.4, -0.2) is 30.9 Å². The second-order valence-corrected chi connectivity index (χ2v) is 5.98. The summed E-state index contributed by atoms with van der Waals surface area (Å²) in [6.45, 7) is 0. The highest BCUT2D eigenvalue weighted by molar-refractivity contribution is 7.16. The first-order valence-electron chi connectivity index (χ1n) is 6.40. The Morgan fingerprint density at radius 3 is 2.67 bits per heavy atom. The molecule has 114 valence electrons. The number of alkyl halides is 3. The van der Waals surface area contributed by atoms with E-state index in [0.717, 1.165) is 24.2 Å². The van der Waals surface area contributed by atoms with Gasteiger partial charge in [0.05, 0.1) is 5.92 Å². The highest BCUT2D eigenvalue weighted by Crippen LogP contribution is 2.40. The van der Waals surface area contributed by atoms with Crippen molar-refractivity contribution in [3.63, 3.8) is 0 Å². The summed E-state index contributed by atoms with van der Waals surface area (Å²) in [7, 11) is 0. The number of aliphatic carboxylic acids is 1. The Morgan fingerprint density at radius 2 is 2.00 bits per heavy atom. The molecule has 1 saturated carbocycles. The van der Waals surface area contributed by atoms with Gasteiger partial charge in [0.2, 0.25) is 4.96 Å². The quantitative estimate of drug-likeness (QED) is 0.920. The minimum atomic E-state index is -4.64. The second kappa shape index (κ2) is 4.93. The van der Waals surface area contributed by atoms with Crippen LogP contribution in [0.3, 0.4) is 0 Å². The van der Waals surface area contributed by atoms with Crippen molar-refractivity contribution >= 4 is 22.3 Å². The van der Waals surface area contributed by atoms with Crippen molar-refractivity contribution < 1.29 is 23.1 Å². The summed E-state index contributed by atoms with van der Waals surface area (Å²) < 4.78 is 38.9. The molecule has 2 aromatic heterocycles. The van der Waals surface area contributed by atoms with Gasteiger partial charge in [0.1, 0.15) is 5.01 Å². The Labute approximate surface area is 120 Å². The predicted octanol–water partition coefficient (Wildman–Crippen LogP) is 2.56. The summed E-state index contributed by atoms with van der Waals surface area (Å²) in [6, 6.07) is 0. The summed E-state index contributed by atoms with van der Waals surface area (Å²) in [5.74, 6) is -3.06. The first kappa shape index (κ1) is 14.2. The maximum atomic E-state index is 12.8. The molecule has 0 saturated heterocycles. The Bertz CT molecular complexity index is 681. The molecule has 1 aliphatic carbocycles. The van der Waals surface area contributed by atoms with Crippen molar-refractivity contribution in [2.24, 2.45) is 5.92 Å². The molecule has 0 spiro atoms. The number of rotatable bonds is 2. The summed E-state index contributed by atoms with van der Waals surface area (Å²) in [5.41, 5.74) is 0. The highest BCUT2D eigenvalue weighted by atomic mass is 32.1. The van der Waals surface area contributed by atoms with Crippen LogP contribution in [0.25, 0.3) is 4.96 Å². The van der Waals surface area contributed by atoms with Crippen molar-refractivity contribution in [2.75, 3.05) is 0 Å². The van der Waals surface area contributed by atoms with E-state index in [4.69, 9.17) is 0 Å². The van der Waals surface area contributed by atoms with E-state index in [9.17, 15) is 23.1 Å². The molecule has 0 amide bonds. The molecule has 0 bridgehead atoms. The lowest BCUT2D eigenvalue weighted by Crippen LogP contribution is -2.25. The minimum Gasteiger partial charge on any atom is -0.481 e. The van der Waals surface area contributed by atoms with Gasteiger partial charge >= 0.3 is 12.1 Å². The van der Waals surface area contributed by atoms with Crippen molar-refractivity contribution in [1.29, 1.82) is 0 Å². The van der Waals surface area contributed by atoms with E-state index >= 15 is 0 Å². The number of carboxylic acids is 1. The molecule has 2 atom stereocenters. The standard InChI is InChI=1S/C11H11F3N4O2S/c12-11(13,14)9-15-16-10-18(9)17-7(21-10)5-3-1-2-4-6(5)8(19)20/h5-6H,1-4H2,(H,19,20). The Kier molecular flexibility index (Phi) is 3.34. The predicted molar refractivity (Wildman–Crippen MR) is 66.0 cm³/mol. The molecule has 0 aromatic carbocycles. The van der Waals surface area contributed by atoms with Gasteiger partial charge in [-0.2, -0.15) is 22.8 Å². The van der Waals surface area contributed by atoms with Gasteiger partial charge < -0.3 is 5.11 Å². The second-order valence-electron chi connectivity index (χ2n) is 4.99. The summed E-state index contributed by atoms with van der Waals surface area (Å²) in [4.78, 5) is 11.3. The van der Waals surface area contributed by atoms with Gasteiger partial charge in [-0.05, 0) is 12.8 Å². The zero-order chi connectivity index (χ0) is 15.2. The summed E-state index contributed by atoms with van der Waals surface area (Å²) >= 11 is 0.977. The molecule has 10 heteroatoms. The van der Waals surface area contributed by atoms with Crippen LogP contribution in [-0.2, 0) is 11.0 Å². The van der Waals surface area contributed by atoms with E-state index < -0.39 is 23.9 Å². The summed E-state index contributed by atoms with van der Waals surface area (Å²) in [6.07, 6.45) is -1.84. The van der Waals surface area contributed by atoms with Gasteiger partial charge in [-0.15, -0.1) is 10.2 Å². The van der Waals surface area contributed by atoms with E-state index in [1.165, 1.54) is 0 Å². The van der Waals surface area contributed by atoms with Crippen LogP contribution in [0.15, 0.2) is 0 Å². The number of hydrogen-bond acceptors (Lipinski definition) is 5. The normalized spacial score (nSPS) is 23.6. The van der Waals surface area contributed by atoms with E-state index in [-0.39, 0.29) is 10.9 Å². The Balaban J connectivity index is 2.00. The maximum Gasteiger partial charge on any atom is 0.453 e. The van der Waals surface area contributed by atoms with Crippen LogP contribution < -0.4 is 0 Å². The first-order valence-corrected chi connectivity index (χ1v) is 7.21. The third kappa shape index (κ3) is 2.47. The average Bonchev–Trinajstić information content (AvgIpc) is 2.96. The van der Waals surface area contributed by atoms with Gasteiger partial charge in [0.15, 0.2) is 0 Å². The van der Waals surface area contributed by atoms with Crippen LogP contribution >= 0.6 is 11.3 Å². The van der Waals surface area contributed by atoms with E-state index in [1.54, 1.807) is 0 Å². The van der Waals surface area contributed by atoms with E-state index in [1.807, 2.05) is 0 Å². The molecule has 6 nitrogen and oxygen atoms in total. The van der Waals surface area contributed by atoms with Crippen molar-refractivity contribution in [1.82, 2.24) is 19.8 Å². The van der Waals surface area contributed by atoms with Crippen LogP contribution in [0.2, 0.25) is 0 Å². The molecule has 0 radical (unpaired) electrons. The van der Waals surface area contributed by atoms with Crippen LogP contribution in [0.1, 0.15) is 42.4 Å².